The molecule has 2 aliphatic heterocycles. The van der Waals surface area contributed by atoms with E-state index in [0.717, 1.165) is 11.8 Å². The molecule has 4 atom stereocenters. The number of amides is 2. The smallest absolute Gasteiger partial charge is 0.411 e. The van der Waals surface area contributed by atoms with Gasteiger partial charge in [-0.05, 0) is 31.4 Å². The number of nitrogens with zero attached hydrogens (tertiary/aromatic N) is 1. The highest BCUT2D eigenvalue weighted by Crippen LogP contribution is 2.43. The average molecular weight is 545 g/mol. The first-order valence-electron chi connectivity index (χ1n) is 12.1. The minimum Gasteiger partial charge on any atom is -0.496 e. The van der Waals surface area contributed by atoms with Crippen LogP contribution in [0.4, 0.5) is 4.79 Å². The number of carbonyl (C=O) groups excluding carboxylic acids is 2. The third kappa shape index (κ3) is 5.42. The quantitative estimate of drug-likeness (QED) is 0.378. The predicted octanol–water partition coefficient (Wildman–Crippen LogP) is 2.97. The van der Waals surface area contributed by atoms with E-state index in [9.17, 15) is 18.0 Å². The molecule has 2 saturated heterocycles. The molecule has 204 valence electrons. The zero-order chi connectivity index (χ0) is 27.6. The topological polar surface area (TPSA) is 120 Å². The normalized spacial score (nSPS) is 22.4. The summed E-state index contributed by atoms with van der Waals surface area (Å²) in [6, 6.07) is 9.20. The zero-order valence-corrected chi connectivity index (χ0v) is 22.6. The number of rotatable bonds is 9. The second-order valence-corrected chi connectivity index (χ2v) is 11.0. The molecule has 2 bridgehead atoms. The van der Waals surface area contributed by atoms with Crippen molar-refractivity contribution in [3.05, 3.63) is 65.7 Å². The molecule has 2 heterocycles. The summed E-state index contributed by atoms with van der Waals surface area (Å²) in [5, 5.41) is 3.03. The lowest BCUT2D eigenvalue weighted by Gasteiger charge is -2.40. The fraction of sp³-hybridized carbons (Fsp3) is 0.407. The molecule has 2 aromatic carbocycles. The summed E-state index contributed by atoms with van der Waals surface area (Å²) >= 11 is 0. The maximum absolute atomic E-state index is 13.3. The Balaban J connectivity index is 1.67. The Morgan fingerprint density at radius 2 is 1.87 bits per heavy atom. The number of benzene rings is 2. The average Bonchev–Trinajstić information content (AvgIpc) is 3.20. The van der Waals surface area contributed by atoms with Crippen LogP contribution in [0.25, 0.3) is 0 Å². The van der Waals surface area contributed by atoms with Gasteiger partial charge in [0, 0.05) is 17.0 Å². The molecule has 0 saturated carbocycles. The molecular formula is C27H32N2O8S. The second-order valence-electron chi connectivity index (χ2n) is 9.42. The van der Waals surface area contributed by atoms with Crippen LogP contribution in [-0.4, -0.2) is 63.9 Å². The van der Waals surface area contributed by atoms with Crippen LogP contribution >= 0.6 is 0 Å². The van der Waals surface area contributed by atoms with Gasteiger partial charge in [-0.15, -0.1) is 6.58 Å². The Labute approximate surface area is 222 Å². The van der Waals surface area contributed by atoms with Crippen molar-refractivity contribution in [1.82, 2.24) is 10.2 Å². The number of hydrogen-bond donors (Lipinski definition) is 1. The minimum absolute atomic E-state index is 0.00846. The summed E-state index contributed by atoms with van der Waals surface area (Å²) < 4.78 is 45.7. The molecular weight excluding hydrogens is 512 g/mol. The zero-order valence-electron chi connectivity index (χ0n) is 21.8. The van der Waals surface area contributed by atoms with Crippen LogP contribution in [0.5, 0.6) is 17.2 Å². The van der Waals surface area contributed by atoms with Crippen molar-refractivity contribution in [2.75, 3.05) is 20.5 Å². The fourth-order valence-electron chi connectivity index (χ4n) is 5.43. The highest BCUT2D eigenvalue weighted by molar-refractivity contribution is 7.86. The molecule has 0 unspecified atom stereocenters. The predicted molar refractivity (Wildman–Crippen MR) is 140 cm³/mol. The Bertz CT molecular complexity index is 1330. The van der Waals surface area contributed by atoms with Gasteiger partial charge >= 0.3 is 16.2 Å². The van der Waals surface area contributed by atoms with E-state index in [1.807, 2.05) is 30.3 Å². The molecule has 0 aliphatic carbocycles. The molecule has 10 nitrogen and oxygen atoms in total. The van der Waals surface area contributed by atoms with Gasteiger partial charge in [-0.1, -0.05) is 36.4 Å². The number of carbonyl (C=O) groups is 2. The Morgan fingerprint density at radius 3 is 2.47 bits per heavy atom. The van der Waals surface area contributed by atoms with E-state index in [2.05, 4.69) is 11.9 Å². The monoisotopic (exact) mass is 544 g/mol. The number of nitrogens with one attached hydrogen (secondary N) is 1. The van der Waals surface area contributed by atoms with Gasteiger partial charge in [0.2, 0.25) is 5.91 Å². The van der Waals surface area contributed by atoms with Crippen molar-refractivity contribution in [2.24, 2.45) is 5.92 Å². The van der Waals surface area contributed by atoms with Gasteiger partial charge in [0.25, 0.3) is 0 Å². The number of methoxy groups -OCH3 is 2. The van der Waals surface area contributed by atoms with Gasteiger partial charge in [0.15, 0.2) is 11.5 Å². The highest BCUT2D eigenvalue weighted by atomic mass is 32.2. The highest BCUT2D eigenvalue weighted by Gasteiger charge is 2.54. The fourth-order valence-corrected chi connectivity index (χ4v) is 5.88. The third-order valence-corrected chi connectivity index (χ3v) is 7.43. The van der Waals surface area contributed by atoms with Crippen LogP contribution in [0.2, 0.25) is 0 Å². The summed E-state index contributed by atoms with van der Waals surface area (Å²) in [7, 11) is -0.948. The summed E-state index contributed by atoms with van der Waals surface area (Å²) in [5.74, 6) is 0.244. The van der Waals surface area contributed by atoms with Gasteiger partial charge in [-0.2, -0.15) is 8.42 Å². The maximum atomic E-state index is 13.3. The van der Waals surface area contributed by atoms with Gasteiger partial charge < -0.3 is 23.7 Å². The number of piperazine rings is 1. The lowest BCUT2D eigenvalue weighted by atomic mass is 9.89. The van der Waals surface area contributed by atoms with E-state index in [1.54, 1.807) is 13.0 Å². The van der Waals surface area contributed by atoms with Crippen LogP contribution in [0.1, 0.15) is 23.1 Å². The van der Waals surface area contributed by atoms with Crippen molar-refractivity contribution in [3.63, 3.8) is 0 Å². The molecule has 2 fully saturated rings. The van der Waals surface area contributed by atoms with Crippen molar-refractivity contribution in [3.8, 4) is 17.2 Å². The first-order chi connectivity index (χ1) is 18.1. The minimum atomic E-state index is -3.85. The number of ether oxygens (including phenoxy) is 3. The lowest BCUT2D eigenvalue weighted by molar-refractivity contribution is -0.129. The maximum Gasteiger partial charge on any atom is 0.411 e. The summed E-state index contributed by atoms with van der Waals surface area (Å²) in [4.78, 5) is 27.9. The first-order valence-corrected chi connectivity index (χ1v) is 14.0. The molecule has 0 spiro atoms. The lowest BCUT2D eigenvalue weighted by Crippen LogP contribution is -2.63. The summed E-state index contributed by atoms with van der Waals surface area (Å²) in [5.41, 5.74) is 1.96. The van der Waals surface area contributed by atoms with E-state index in [4.69, 9.17) is 18.4 Å². The Hall–Kier alpha value is -3.73. The third-order valence-electron chi connectivity index (χ3n) is 6.94. The van der Waals surface area contributed by atoms with E-state index in [0.29, 0.717) is 23.3 Å². The summed E-state index contributed by atoms with van der Waals surface area (Å²) in [6.07, 6.45) is 2.78. The van der Waals surface area contributed by atoms with Gasteiger partial charge in [0.1, 0.15) is 18.4 Å². The van der Waals surface area contributed by atoms with Crippen molar-refractivity contribution in [1.29, 1.82) is 0 Å². The van der Waals surface area contributed by atoms with Gasteiger partial charge in [-0.3, -0.25) is 9.69 Å². The summed E-state index contributed by atoms with van der Waals surface area (Å²) in [6.45, 7) is 5.74. The van der Waals surface area contributed by atoms with Crippen LogP contribution < -0.4 is 19.0 Å². The van der Waals surface area contributed by atoms with E-state index < -0.39 is 34.3 Å². The van der Waals surface area contributed by atoms with Gasteiger partial charge in [0.05, 0.1) is 32.6 Å². The van der Waals surface area contributed by atoms with Crippen LogP contribution in [0.15, 0.2) is 49.1 Å². The van der Waals surface area contributed by atoms with Crippen molar-refractivity contribution in [2.45, 2.75) is 44.5 Å². The van der Waals surface area contributed by atoms with E-state index in [-0.39, 0.29) is 36.4 Å². The van der Waals surface area contributed by atoms with Crippen molar-refractivity contribution >= 4 is 22.1 Å². The van der Waals surface area contributed by atoms with E-state index >= 15 is 0 Å². The van der Waals surface area contributed by atoms with Crippen LogP contribution in [-0.2, 0) is 32.7 Å². The molecule has 0 radical (unpaired) electrons. The van der Waals surface area contributed by atoms with Gasteiger partial charge in [-0.25, -0.2) is 4.79 Å². The van der Waals surface area contributed by atoms with Crippen molar-refractivity contribution < 1.29 is 36.4 Å². The van der Waals surface area contributed by atoms with Crippen LogP contribution in [0.3, 0.4) is 0 Å². The van der Waals surface area contributed by atoms with Crippen LogP contribution in [0, 0.1) is 12.8 Å². The molecule has 2 aliphatic rings. The molecule has 38 heavy (non-hydrogen) atoms. The molecule has 2 amide bonds. The largest absolute Gasteiger partial charge is 0.496 e. The Morgan fingerprint density at radius 1 is 1.18 bits per heavy atom. The standard InChI is InChI=1S/C27H32N2O8S/c1-6-18-13-21-26(30)28-20(23(18)29(21)27(31)36-15-17-10-8-7-9-11-17)12-19-14-22(37-38(5,32)33)25(35-4)16(2)24(19)34-3/h6-11,14,18,20-21,23H,1,12-13,15H2,2-5H3,(H,28,30)/t18-,20+,21+,23-/m1/s1. The SMILES string of the molecule is C=C[C@@H]1C[C@H]2C(=O)N[C@@H](Cc3cc(OS(C)(=O)=O)c(OC)c(C)c3OC)[C@@H]1N2C(=O)OCc1ccccc1. The second kappa shape index (κ2) is 10.9. The molecule has 0 aromatic heterocycles. The first kappa shape index (κ1) is 27.3. The molecule has 4 rings (SSSR count). The molecule has 11 heteroatoms. The number of fused-ring (bicyclic) bond motifs is 2. The number of hydrogen-bond acceptors (Lipinski definition) is 8. The Kier molecular flexibility index (Phi) is 7.86. The molecule has 2 aromatic rings. The van der Waals surface area contributed by atoms with E-state index in [1.165, 1.54) is 25.2 Å². The molecule has 1 N–H and O–H groups in total.